The van der Waals surface area contributed by atoms with Crippen molar-refractivity contribution < 1.29 is 9.53 Å². The van der Waals surface area contributed by atoms with Gasteiger partial charge in [0, 0.05) is 11.6 Å². The Kier molecular flexibility index (Phi) is 3.58. The number of nitrogens with two attached hydrogens (primary N) is 1. The number of benzene rings is 1. The van der Waals surface area contributed by atoms with E-state index in [1.54, 1.807) is 6.20 Å². The van der Waals surface area contributed by atoms with Crippen LogP contribution in [0.5, 0.6) is 0 Å². The Bertz CT molecular complexity index is 797. The predicted octanol–water partition coefficient (Wildman–Crippen LogP) is 3.54. The van der Waals surface area contributed by atoms with Crippen LogP contribution in [0.4, 0.5) is 5.69 Å². The number of fused-ring (bicyclic) bond motifs is 1. The molecular formula is C16H14N2O2S. The molecule has 0 aliphatic heterocycles. The van der Waals surface area contributed by atoms with Crippen molar-refractivity contribution in [2.75, 3.05) is 5.73 Å². The van der Waals surface area contributed by atoms with Crippen LogP contribution >= 0.6 is 11.3 Å². The average molecular weight is 298 g/mol. The van der Waals surface area contributed by atoms with Crippen molar-refractivity contribution in [2.24, 2.45) is 0 Å². The van der Waals surface area contributed by atoms with Gasteiger partial charge in [0.2, 0.25) is 0 Å². The summed E-state index contributed by atoms with van der Waals surface area (Å²) in [6, 6.07) is 11.4. The zero-order valence-electron chi connectivity index (χ0n) is 11.5. The van der Waals surface area contributed by atoms with Gasteiger partial charge < -0.3 is 10.5 Å². The van der Waals surface area contributed by atoms with Gasteiger partial charge in [0.25, 0.3) is 0 Å². The molecule has 0 spiro atoms. The molecule has 0 radical (unpaired) electrons. The Hall–Kier alpha value is -2.40. The number of hydrogen-bond donors (Lipinski definition) is 1. The summed E-state index contributed by atoms with van der Waals surface area (Å²) < 4.78 is 5.33. The molecule has 21 heavy (non-hydrogen) atoms. The van der Waals surface area contributed by atoms with Gasteiger partial charge in [-0.1, -0.05) is 30.3 Å². The second kappa shape index (κ2) is 5.54. The molecule has 0 bridgehead atoms. The highest BCUT2D eigenvalue weighted by Gasteiger charge is 2.19. The maximum absolute atomic E-state index is 12.2. The lowest BCUT2D eigenvalue weighted by atomic mass is 10.2. The first-order valence-corrected chi connectivity index (χ1v) is 7.33. The number of anilines is 1. The summed E-state index contributed by atoms with van der Waals surface area (Å²) in [6.07, 6.45) is 1.71. The zero-order chi connectivity index (χ0) is 14.8. The molecule has 2 N–H and O–H groups in total. The number of carbonyl (C=O) groups is 1. The second-order valence-electron chi connectivity index (χ2n) is 4.71. The number of hydrogen-bond acceptors (Lipinski definition) is 5. The molecule has 2 aromatic heterocycles. The molecule has 3 aromatic rings. The molecule has 4 nitrogen and oxygen atoms in total. The highest BCUT2D eigenvalue weighted by atomic mass is 32.1. The first-order chi connectivity index (χ1) is 10.2. The molecule has 2 heterocycles. The normalized spacial score (nSPS) is 10.7. The molecule has 0 aliphatic carbocycles. The minimum Gasteiger partial charge on any atom is -0.457 e. The molecule has 0 atom stereocenters. The maximum Gasteiger partial charge on any atom is 0.350 e. The standard InChI is InChI=1S/C16H14N2O2S/c1-10-7-8-18-15-12(10)13(17)14(21-15)16(19)20-9-11-5-3-2-4-6-11/h2-8H,9,17H2,1H3. The number of aryl methyl sites for hydroxylation is 1. The van der Waals surface area contributed by atoms with Crippen molar-refractivity contribution in [2.45, 2.75) is 13.5 Å². The van der Waals surface area contributed by atoms with E-state index in [1.807, 2.05) is 43.3 Å². The SMILES string of the molecule is Cc1ccnc2sc(C(=O)OCc3ccccc3)c(N)c12. The van der Waals surface area contributed by atoms with Crippen LogP contribution < -0.4 is 5.73 Å². The quantitative estimate of drug-likeness (QED) is 0.751. The third kappa shape index (κ3) is 2.60. The van der Waals surface area contributed by atoms with Crippen LogP contribution in [-0.4, -0.2) is 11.0 Å². The van der Waals surface area contributed by atoms with Crippen LogP contribution in [0.25, 0.3) is 10.2 Å². The Balaban J connectivity index is 1.85. The highest BCUT2D eigenvalue weighted by molar-refractivity contribution is 7.21. The largest absolute Gasteiger partial charge is 0.457 e. The van der Waals surface area contributed by atoms with Crippen molar-refractivity contribution in [1.82, 2.24) is 4.98 Å². The zero-order valence-corrected chi connectivity index (χ0v) is 12.3. The number of thiophene rings is 1. The second-order valence-corrected chi connectivity index (χ2v) is 5.71. The van der Waals surface area contributed by atoms with E-state index >= 15 is 0 Å². The Morgan fingerprint density at radius 1 is 1.29 bits per heavy atom. The fraction of sp³-hybridized carbons (Fsp3) is 0.125. The topological polar surface area (TPSA) is 65.2 Å². The molecular weight excluding hydrogens is 284 g/mol. The summed E-state index contributed by atoms with van der Waals surface area (Å²) in [5.41, 5.74) is 8.49. The predicted molar refractivity (Wildman–Crippen MR) is 84.3 cm³/mol. The highest BCUT2D eigenvalue weighted by Crippen LogP contribution is 2.34. The number of carbonyl (C=O) groups excluding carboxylic acids is 1. The number of esters is 1. The fourth-order valence-electron chi connectivity index (χ4n) is 2.14. The lowest BCUT2D eigenvalue weighted by Crippen LogP contribution is -2.05. The van der Waals surface area contributed by atoms with E-state index in [0.29, 0.717) is 10.6 Å². The molecule has 0 amide bonds. The molecule has 0 saturated heterocycles. The summed E-state index contributed by atoms with van der Waals surface area (Å²) in [5, 5.41) is 0.842. The van der Waals surface area contributed by atoms with Crippen LogP contribution in [0.2, 0.25) is 0 Å². The van der Waals surface area contributed by atoms with Crippen molar-refractivity contribution in [3.63, 3.8) is 0 Å². The number of aromatic nitrogens is 1. The van der Waals surface area contributed by atoms with E-state index < -0.39 is 5.97 Å². The van der Waals surface area contributed by atoms with Crippen LogP contribution in [0.15, 0.2) is 42.6 Å². The maximum atomic E-state index is 12.2. The van der Waals surface area contributed by atoms with Crippen molar-refractivity contribution in [3.8, 4) is 0 Å². The van der Waals surface area contributed by atoms with Gasteiger partial charge in [-0.05, 0) is 24.1 Å². The van der Waals surface area contributed by atoms with Gasteiger partial charge >= 0.3 is 5.97 Å². The number of nitrogen functional groups attached to an aromatic ring is 1. The van der Waals surface area contributed by atoms with Gasteiger partial charge in [-0.25, -0.2) is 9.78 Å². The van der Waals surface area contributed by atoms with Gasteiger partial charge in [0.15, 0.2) is 0 Å². The van der Waals surface area contributed by atoms with E-state index in [0.717, 1.165) is 21.3 Å². The number of rotatable bonds is 3. The lowest BCUT2D eigenvalue weighted by molar-refractivity contribution is 0.0480. The van der Waals surface area contributed by atoms with E-state index in [4.69, 9.17) is 10.5 Å². The third-order valence-electron chi connectivity index (χ3n) is 3.24. The summed E-state index contributed by atoms with van der Waals surface area (Å²) in [7, 11) is 0. The first-order valence-electron chi connectivity index (χ1n) is 6.51. The van der Waals surface area contributed by atoms with E-state index in [2.05, 4.69) is 4.98 Å². The van der Waals surface area contributed by atoms with Gasteiger partial charge in [-0.15, -0.1) is 11.3 Å². The summed E-state index contributed by atoms with van der Waals surface area (Å²) in [4.78, 5) is 17.6. The molecule has 1 aromatic carbocycles. The van der Waals surface area contributed by atoms with Crippen molar-refractivity contribution >= 4 is 33.2 Å². The molecule has 0 aliphatic rings. The molecule has 0 fully saturated rings. The lowest BCUT2D eigenvalue weighted by Gasteiger charge is -2.04. The van der Waals surface area contributed by atoms with Crippen LogP contribution in [0.3, 0.4) is 0 Å². The summed E-state index contributed by atoms with van der Waals surface area (Å²) in [5.74, 6) is -0.404. The van der Waals surface area contributed by atoms with Crippen molar-refractivity contribution in [3.05, 3.63) is 58.6 Å². The van der Waals surface area contributed by atoms with Crippen LogP contribution in [0.1, 0.15) is 20.8 Å². The van der Waals surface area contributed by atoms with E-state index in [9.17, 15) is 4.79 Å². The number of pyridine rings is 1. The summed E-state index contributed by atoms with van der Waals surface area (Å²) in [6.45, 7) is 2.19. The average Bonchev–Trinajstić information content (AvgIpc) is 2.84. The molecule has 0 unspecified atom stereocenters. The van der Waals surface area contributed by atoms with Gasteiger partial charge in [0.1, 0.15) is 16.3 Å². The van der Waals surface area contributed by atoms with Crippen molar-refractivity contribution in [1.29, 1.82) is 0 Å². The van der Waals surface area contributed by atoms with Crippen LogP contribution in [-0.2, 0) is 11.3 Å². The third-order valence-corrected chi connectivity index (χ3v) is 4.33. The first kappa shape index (κ1) is 13.6. The Morgan fingerprint density at radius 2 is 2.05 bits per heavy atom. The molecule has 3 rings (SSSR count). The Labute approximate surface area is 126 Å². The smallest absolute Gasteiger partial charge is 0.350 e. The minimum atomic E-state index is -0.404. The molecule has 0 saturated carbocycles. The monoisotopic (exact) mass is 298 g/mol. The number of nitrogens with zero attached hydrogens (tertiary/aromatic N) is 1. The van der Waals surface area contributed by atoms with E-state index in [1.165, 1.54) is 11.3 Å². The minimum absolute atomic E-state index is 0.236. The van der Waals surface area contributed by atoms with E-state index in [-0.39, 0.29) is 6.61 Å². The number of ether oxygens (including phenoxy) is 1. The molecule has 5 heteroatoms. The van der Waals surface area contributed by atoms with Gasteiger partial charge in [0.05, 0.1) is 5.69 Å². The Morgan fingerprint density at radius 3 is 2.76 bits per heavy atom. The molecule has 106 valence electrons. The van der Waals surface area contributed by atoms with Gasteiger partial charge in [-0.3, -0.25) is 0 Å². The fourth-order valence-corrected chi connectivity index (χ4v) is 3.18. The van der Waals surface area contributed by atoms with Gasteiger partial charge in [-0.2, -0.15) is 0 Å². The summed E-state index contributed by atoms with van der Waals surface area (Å²) >= 11 is 1.27. The van der Waals surface area contributed by atoms with Crippen LogP contribution in [0, 0.1) is 6.92 Å².